The molecule has 2 fully saturated rings. The molecule has 0 aromatic heterocycles. The minimum atomic E-state index is -0.149. The largest absolute Gasteiger partial charge is 0.459 e. The zero-order valence-corrected chi connectivity index (χ0v) is 9.45. The lowest BCUT2D eigenvalue weighted by atomic mass is 10.0. The average Bonchev–Trinajstić information content (AvgIpc) is 2.57. The first kappa shape index (κ1) is 10.7. The number of hydrogen-bond acceptors (Lipinski definition) is 3. The van der Waals surface area contributed by atoms with Crippen LogP contribution < -0.4 is 5.32 Å². The van der Waals surface area contributed by atoms with Gasteiger partial charge in [0.2, 0.25) is 0 Å². The van der Waals surface area contributed by atoms with Crippen LogP contribution in [0.5, 0.6) is 0 Å². The molecular formula is C12H19NO2. The fraction of sp³-hybridized carbons (Fsp3) is 0.750. The molecule has 0 amide bonds. The number of piperidine rings is 1. The predicted molar refractivity (Wildman–Crippen MR) is 58.5 cm³/mol. The molecule has 0 radical (unpaired) electrons. The van der Waals surface area contributed by atoms with Crippen LogP contribution in [0, 0.1) is 0 Å². The van der Waals surface area contributed by atoms with Crippen LogP contribution in [0.3, 0.4) is 0 Å². The Hall–Kier alpha value is -0.830. The van der Waals surface area contributed by atoms with Crippen molar-refractivity contribution < 1.29 is 9.53 Å². The van der Waals surface area contributed by atoms with Crippen molar-refractivity contribution in [2.75, 3.05) is 0 Å². The molecule has 84 valence electrons. The maximum absolute atomic E-state index is 11.6. The molecule has 3 heteroatoms. The summed E-state index contributed by atoms with van der Waals surface area (Å²) in [6, 6.07) is 1.15. The lowest BCUT2D eigenvalue weighted by Gasteiger charge is -2.28. The first-order chi connectivity index (χ1) is 7.19. The quantitative estimate of drug-likeness (QED) is 0.556. The summed E-state index contributed by atoms with van der Waals surface area (Å²) in [5, 5.41) is 3.53. The Morgan fingerprint density at radius 1 is 1.33 bits per heavy atom. The Kier molecular flexibility index (Phi) is 3.10. The molecule has 0 aliphatic carbocycles. The summed E-state index contributed by atoms with van der Waals surface area (Å²) in [4.78, 5) is 11.6. The number of hydrogen-bond donors (Lipinski definition) is 1. The van der Waals surface area contributed by atoms with E-state index in [2.05, 4.69) is 5.32 Å². The highest BCUT2D eigenvalue weighted by molar-refractivity contribution is 5.87. The highest BCUT2D eigenvalue weighted by Gasteiger charge is 2.35. The van der Waals surface area contributed by atoms with Gasteiger partial charge < -0.3 is 10.1 Å². The lowest BCUT2D eigenvalue weighted by Crippen LogP contribution is -2.42. The predicted octanol–water partition coefficient (Wildman–Crippen LogP) is 1.78. The van der Waals surface area contributed by atoms with Crippen molar-refractivity contribution in [3.63, 3.8) is 0 Å². The third-order valence-corrected chi connectivity index (χ3v) is 3.46. The third kappa shape index (κ3) is 2.40. The molecule has 2 saturated heterocycles. The molecular weight excluding hydrogens is 190 g/mol. The topological polar surface area (TPSA) is 38.3 Å². The first-order valence-electron chi connectivity index (χ1n) is 5.79. The molecule has 0 aromatic rings. The van der Waals surface area contributed by atoms with Crippen molar-refractivity contribution >= 4 is 5.97 Å². The molecule has 2 rings (SSSR count). The molecule has 15 heavy (non-hydrogen) atoms. The number of allylic oxidation sites excluding steroid dienone is 1. The summed E-state index contributed by atoms with van der Waals surface area (Å²) >= 11 is 0. The molecule has 2 aliphatic heterocycles. The second-order valence-electron chi connectivity index (χ2n) is 4.61. The van der Waals surface area contributed by atoms with E-state index in [1.54, 1.807) is 13.0 Å². The monoisotopic (exact) mass is 209 g/mol. The van der Waals surface area contributed by atoms with Gasteiger partial charge in [0.1, 0.15) is 6.10 Å². The van der Waals surface area contributed by atoms with Crippen molar-refractivity contribution in [3.05, 3.63) is 11.6 Å². The number of esters is 1. The number of carbonyl (C=O) groups is 1. The van der Waals surface area contributed by atoms with Gasteiger partial charge in [-0.2, -0.15) is 0 Å². The molecule has 0 saturated carbocycles. The molecule has 0 spiro atoms. The standard InChI is InChI=1S/C12H19NO2/c1-3-8(2)12(14)15-11-6-9-4-5-10(7-11)13-9/h3,9-11,13H,4-7H2,1-2H3/b8-3+. The molecule has 2 aliphatic rings. The van der Waals surface area contributed by atoms with Gasteiger partial charge in [-0.15, -0.1) is 0 Å². The second-order valence-corrected chi connectivity index (χ2v) is 4.61. The van der Waals surface area contributed by atoms with E-state index in [0.717, 1.165) is 12.8 Å². The lowest BCUT2D eigenvalue weighted by molar-refractivity contribution is -0.145. The van der Waals surface area contributed by atoms with Gasteiger partial charge in [0.15, 0.2) is 0 Å². The van der Waals surface area contributed by atoms with Gasteiger partial charge in [-0.25, -0.2) is 4.79 Å². The smallest absolute Gasteiger partial charge is 0.333 e. The van der Waals surface area contributed by atoms with E-state index in [4.69, 9.17) is 4.74 Å². The maximum atomic E-state index is 11.6. The minimum absolute atomic E-state index is 0.131. The van der Waals surface area contributed by atoms with Gasteiger partial charge in [0, 0.05) is 17.7 Å². The van der Waals surface area contributed by atoms with Crippen LogP contribution >= 0.6 is 0 Å². The van der Waals surface area contributed by atoms with Crippen LogP contribution in [0.25, 0.3) is 0 Å². The van der Waals surface area contributed by atoms with Gasteiger partial charge in [-0.05, 0) is 39.5 Å². The molecule has 2 unspecified atom stereocenters. The van der Waals surface area contributed by atoms with Gasteiger partial charge in [-0.1, -0.05) is 6.08 Å². The first-order valence-corrected chi connectivity index (χ1v) is 5.79. The number of rotatable bonds is 2. The Morgan fingerprint density at radius 3 is 2.47 bits per heavy atom. The Bertz CT molecular complexity index is 273. The molecule has 1 N–H and O–H groups in total. The number of ether oxygens (including phenoxy) is 1. The summed E-state index contributed by atoms with van der Waals surface area (Å²) in [5.41, 5.74) is 0.709. The third-order valence-electron chi connectivity index (χ3n) is 3.46. The minimum Gasteiger partial charge on any atom is -0.459 e. The molecule has 2 atom stereocenters. The molecule has 0 aromatic carbocycles. The van der Waals surface area contributed by atoms with Crippen molar-refractivity contribution in [1.82, 2.24) is 5.32 Å². The van der Waals surface area contributed by atoms with E-state index in [1.165, 1.54) is 12.8 Å². The second kappa shape index (κ2) is 4.35. The fourth-order valence-corrected chi connectivity index (χ4v) is 2.46. The fourth-order valence-electron chi connectivity index (χ4n) is 2.46. The Balaban J connectivity index is 1.88. The van der Waals surface area contributed by atoms with Crippen molar-refractivity contribution in [1.29, 1.82) is 0 Å². The van der Waals surface area contributed by atoms with Gasteiger partial charge in [-0.3, -0.25) is 0 Å². The van der Waals surface area contributed by atoms with Crippen molar-refractivity contribution in [3.8, 4) is 0 Å². The average molecular weight is 209 g/mol. The normalized spacial score (nSPS) is 35.3. The summed E-state index contributed by atoms with van der Waals surface area (Å²) in [6.45, 7) is 3.67. The summed E-state index contributed by atoms with van der Waals surface area (Å²) < 4.78 is 5.48. The van der Waals surface area contributed by atoms with Gasteiger partial charge >= 0.3 is 5.97 Å². The van der Waals surface area contributed by atoms with Crippen LogP contribution in [0.15, 0.2) is 11.6 Å². The molecule has 2 heterocycles. The Labute approximate surface area is 90.9 Å². The number of carbonyl (C=O) groups excluding carboxylic acids is 1. The van der Waals surface area contributed by atoms with Crippen LogP contribution in [0.2, 0.25) is 0 Å². The van der Waals surface area contributed by atoms with E-state index in [0.29, 0.717) is 17.7 Å². The molecule has 2 bridgehead atoms. The summed E-state index contributed by atoms with van der Waals surface area (Å²) in [7, 11) is 0. The zero-order valence-electron chi connectivity index (χ0n) is 9.45. The van der Waals surface area contributed by atoms with Gasteiger partial charge in [0.05, 0.1) is 0 Å². The Morgan fingerprint density at radius 2 is 1.93 bits per heavy atom. The van der Waals surface area contributed by atoms with Crippen LogP contribution in [0.1, 0.15) is 39.5 Å². The summed E-state index contributed by atoms with van der Waals surface area (Å²) in [5.74, 6) is -0.149. The van der Waals surface area contributed by atoms with Crippen LogP contribution in [-0.2, 0) is 9.53 Å². The SMILES string of the molecule is C/C=C(\C)C(=O)OC1CC2CCC(C1)N2. The zero-order chi connectivity index (χ0) is 10.8. The van der Waals surface area contributed by atoms with Crippen molar-refractivity contribution in [2.24, 2.45) is 0 Å². The van der Waals surface area contributed by atoms with E-state index in [9.17, 15) is 4.79 Å². The highest BCUT2D eigenvalue weighted by Crippen LogP contribution is 2.28. The molecule has 3 nitrogen and oxygen atoms in total. The number of fused-ring (bicyclic) bond motifs is 2. The van der Waals surface area contributed by atoms with Gasteiger partial charge in [0.25, 0.3) is 0 Å². The summed E-state index contributed by atoms with van der Waals surface area (Å²) in [6.07, 6.45) is 6.38. The van der Waals surface area contributed by atoms with E-state index in [-0.39, 0.29) is 12.1 Å². The van der Waals surface area contributed by atoms with Crippen molar-refractivity contribution in [2.45, 2.75) is 57.7 Å². The van der Waals surface area contributed by atoms with E-state index < -0.39 is 0 Å². The van der Waals surface area contributed by atoms with Crippen LogP contribution in [0.4, 0.5) is 0 Å². The number of nitrogens with one attached hydrogen (secondary N) is 1. The maximum Gasteiger partial charge on any atom is 0.333 e. The van der Waals surface area contributed by atoms with E-state index >= 15 is 0 Å². The van der Waals surface area contributed by atoms with Crippen LogP contribution in [-0.4, -0.2) is 24.2 Å². The highest BCUT2D eigenvalue weighted by atomic mass is 16.5. The van der Waals surface area contributed by atoms with E-state index in [1.807, 2.05) is 6.92 Å².